The van der Waals surface area contributed by atoms with Crippen LogP contribution in [0.1, 0.15) is 31.9 Å². The van der Waals surface area contributed by atoms with Gasteiger partial charge in [-0.15, -0.1) is 0 Å². The van der Waals surface area contributed by atoms with Crippen molar-refractivity contribution >= 4 is 0 Å². The predicted octanol–water partition coefficient (Wildman–Crippen LogP) is 4.20. The Morgan fingerprint density at radius 3 is 2.14 bits per heavy atom. The third-order valence-electron chi connectivity index (χ3n) is 3.47. The van der Waals surface area contributed by atoms with Crippen LogP contribution in [0.5, 0.6) is 11.5 Å². The summed E-state index contributed by atoms with van der Waals surface area (Å²) in [5.41, 5.74) is 1.20. The van der Waals surface area contributed by atoms with Gasteiger partial charge in [0, 0.05) is 12.5 Å². The van der Waals surface area contributed by atoms with Gasteiger partial charge in [-0.2, -0.15) is 0 Å². The Labute approximate surface area is 133 Å². The average molecular weight is 299 g/mol. The van der Waals surface area contributed by atoms with Crippen LogP contribution >= 0.6 is 0 Å². The second-order valence-electron chi connectivity index (χ2n) is 5.59. The van der Waals surface area contributed by atoms with Crippen LogP contribution in [0, 0.1) is 0 Å². The minimum absolute atomic E-state index is 0.0424. The van der Waals surface area contributed by atoms with Gasteiger partial charge >= 0.3 is 0 Å². The van der Waals surface area contributed by atoms with Gasteiger partial charge in [0.15, 0.2) is 0 Å². The minimum Gasteiger partial charge on any atom is -0.497 e. The van der Waals surface area contributed by atoms with Crippen LogP contribution in [0.3, 0.4) is 0 Å². The highest BCUT2D eigenvalue weighted by Gasteiger charge is 2.13. The predicted molar refractivity (Wildman–Crippen MR) is 90.6 cm³/mol. The second kappa shape index (κ2) is 8.44. The second-order valence-corrected chi connectivity index (χ2v) is 5.59. The van der Waals surface area contributed by atoms with Gasteiger partial charge in [0.1, 0.15) is 17.6 Å². The molecule has 22 heavy (non-hydrogen) atoms. The molecule has 3 heteroatoms. The van der Waals surface area contributed by atoms with Crippen LogP contribution in [-0.4, -0.2) is 19.7 Å². The lowest BCUT2D eigenvalue weighted by atomic mass is 10.1. The molecule has 2 aromatic carbocycles. The molecule has 0 fully saturated rings. The van der Waals surface area contributed by atoms with Crippen molar-refractivity contribution < 1.29 is 9.47 Å². The number of rotatable bonds is 8. The number of nitrogens with one attached hydrogen (secondary N) is 1. The van der Waals surface area contributed by atoms with Crippen LogP contribution in [0.25, 0.3) is 0 Å². The van der Waals surface area contributed by atoms with E-state index < -0.39 is 0 Å². The van der Waals surface area contributed by atoms with Crippen LogP contribution in [-0.2, 0) is 0 Å². The van der Waals surface area contributed by atoms with Crippen LogP contribution in [0.4, 0.5) is 0 Å². The van der Waals surface area contributed by atoms with Crippen molar-refractivity contribution in [2.24, 2.45) is 0 Å². The van der Waals surface area contributed by atoms with Crippen LogP contribution in [0.2, 0.25) is 0 Å². The van der Waals surface area contributed by atoms with Crippen molar-refractivity contribution in [2.45, 2.75) is 32.4 Å². The maximum Gasteiger partial charge on any atom is 0.125 e. The van der Waals surface area contributed by atoms with Gasteiger partial charge in [-0.3, -0.25) is 0 Å². The molecule has 0 aliphatic heterocycles. The average Bonchev–Trinajstić information content (AvgIpc) is 2.55. The largest absolute Gasteiger partial charge is 0.497 e. The lowest BCUT2D eigenvalue weighted by molar-refractivity contribution is 0.193. The fourth-order valence-corrected chi connectivity index (χ4v) is 2.28. The van der Waals surface area contributed by atoms with Gasteiger partial charge in [-0.25, -0.2) is 0 Å². The van der Waals surface area contributed by atoms with E-state index in [0.29, 0.717) is 6.04 Å². The van der Waals surface area contributed by atoms with Gasteiger partial charge in [0.05, 0.1) is 7.11 Å². The summed E-state index contributed by atoms with van der Waals surface area (Å²) in [5, 5.41) is 3.45. The van der Waals surface area contributed by atoms with Gasteiger partial charge in [0.2, 0.25) is 0 Å². The molecule has 0 heterocycles. The standard InChI is InChI=1S/C19H25NO2/c1-15(2)20-14-13-19(16-7-5-4-6-8-16)22-18-11-9-17(21-3)10-12-18/h4-12,15,19-20H,13-14H2,1-3H3. The van der Waals surface area contributed by atoms with E-state index in [0.717, 1.165) is 24.5 Å². The first-order valence-electron chi connectivity index (χ1n) is 7.78. The molecular formula is C19H25NO2. The molecule has 0 aliphatic rings. The highest BCUT2D eigenvalue weighted by Crippen LogP contribution is 2.26. The van der Waals surface area contributed by atoms with Gasteiger partial charge in [0.25, 0.3) is 0 Å². The molecule has 0 saturated heterocycles. The zero-order valence-corrected chi connectivity index (χ0v) is 13.6. The summed E-state index contributed by atoms with van der Waals surface area (Å²) in [4.78, 5) is 0. The third-order valence-corrected chi connectivity index (χ3v) is 3.47. The van der Waals surface area contributed by atoms with E-state index in [1.165, 1.54) is 5.56 Å². The van der Waals surface area contributed by atoms with Gasteiger partial charge in [-0.05, 0) is 36.4 Å². The number of methoxy groups -OCH3 is 1. The fraction of sp³-hybridized carbons (Fsp3) is 0.368. The zero-order chi connectivity index (χ0) is 15.8. The van der Waals surface area contributed by atoms with E-state index in [1.54, 1.807) is 7.11 Å². The highest BCUT2D eigenvalue weighted by atomic mass is 16.5. The number of hydrogen-bond acceptors (Lipinski definition) is 3. The van der Waals surface area contributed by atoms with E-state index >= 15 is 0 Å². The molecule has 1 unspecified atom stereocenters. The zero-order valence-electron chi connectivity index (χ0n) is 13.6. The SMILES string of the molecule is COc1ccc(OC(CCNC(C)C)c2ccccc2)cc1. The maximum atomic E-state index is 6.19. The first-order valence-corrected chi connectivity index (χ1v) is 7.78. The Morgan fingerprint density at radius 1 is 0.909 bits per heavy atom. The van der Waals surface area contributed by atoms with Gasteiger partial charge in [-0.1, -0.05) is 44.2 Å². The molecule has 118 valence electrons. The normalized spacial score (nSPS) is 12.2. The summed E-state index contributed by atoms with van der Waals surface area (Å²) in [7, 11) is 1.67. The summed E-state index contributed by atoms with van der Waals surface area (Å²) >= 11 is 0. The van der Waals surface area contributed by atoms with Crippen molar-refractivity contribution in [2.75, 3.05) is 13.7 Å². The first-order chi connectivity index (χ1) is 10.7. The fourth-order valence-electron chi connectivity index (χ4n) is 2.28. The molecule has 0 amide bonds. The molecule has 2 rings (SSSR count). The molecule has 0 aromatic heterocycles. The lowest BCUT2D eigenvalue weighted by Gasteiger charge is -2.21. The Balaban J connectivity index is 2.06. The molecule has 0 spiro atoms. The number of benzene rings is 2. The molecule has 1 N–H and O–H groups in total. The van der Waals surface area contributed by atoms with Crippen molar-refractivity contribution in [3.63, 3.8) is 0 Å². The maximum absolute atomic E-state index is 6.19. The summed E-state index contributed by atoms with van der Waals surface area (Å²) in [5.74, 6) is 1.70. The van der Waals surface area contributed by atoms with Crippen molar-refractivity contribution in [3.05, 3.63) is 60.2 Å². The molecule has 2 aromatic rings. The van der Waals surface area contributed by atoms with E-state index in [9.17, 15) is 0 Å². The Morgan fingerprint density at radius 2 is 1.55 bits per heavy atom. The van der Waals surface area contributed by atoms with Crippen LogP contribution < -0.4 is 14.8 Å². The van der Waals surface area contributed by atoms with Crippen molar-refractivity contribution in [3.8, 4) is 11.5 Å². The summed E-state index contributed by atoms with van der Waals surface area (Å²) in [6.07, 6.45) is 0.967. The monoisotopic (exact) mass is 299 g/mol. The molecule has 0 radical (unpaired) electrons. The summed E-state index contributed by atoms with van der Waals surface area (Å²) < 4.78 is 11.4. The molecule has 0 bridgehead atoms. The molecule has 0 aliphatic carbocycles. The molecular weight excluding hydrogens is 274 g/mol. The van der Waals surface area contributed by atoms with E-state index in [2.05, 4.69) is 43.4 Å². The highest BCUT2D eigenvalue weighted by molar-refractivity contribution is 5.32. The van der Waals surface area contributed by atoms with Crippen molar-refractivity contribution in [1.29, 1.82) is 0 Å². The Hall–Kier alpha value is -2.00. The first kappa shape index (κ1) is 16.4. The topological polar surface area (TPSA) is 30.5 Å². The van der Waals surface area contributed by atoms with E-state index in [1.807, 2.05) is 30.3 Å². The quantitative estimate of drug-likeness (QED) is 0.792. The number of hydrogen-bond donors (Lipinski definition) is 1. The lowest BCUT2D eigenvalue weighted by Crippen LogP contribution is -2.26. The molecule has 1 atom stereocenters. The van der Waals surface area contributed by atoms with E-state index in [-0.39, 0.29) is 6.10 Å². The minimum atomic E-state index is 0.0424. The van der Waals surface area contributed by atoms with Crippen LogP contribution in [0.15, 0.2) is 54.6 Å². The van der Waals surface area contributed by atoms with Gasteiger partial charge < -0.3 is 14.8 Å². The molecule has 0 saturated carbocycles. The smallest absolute Gasteiger partial charge is 0.125 e. The number of ether oxygens (including phenoxy) is 2. The van der Waals surface area contributed by atoms with Crippen molar-refractivity contribution in [1.82, 2.24) is 5.32 Å². The Bertz CT molecular complexity index is 537. The summed E-state index contributed by atoms with van der Waals surface area (Å²) in [6.45, 7) is 5.23. The van der Waals surface area contributed by atoms with E-state index in [4.69, 9.17) is 9.47 Å². The third kappa shape index (κ3) is 5.08. The summed E-state index contributed by atoms with van der Waals surface area (Å²) in [6, 6.07) is 18.6. The molecule has 3 nitrogen and oxygen atoms in total. The Kier molecular flexibility index (Phi) is 6.28.